The van der Waals surface area contributed by atoms with E-state index >= 15 is 0 Å². The Bertz CT molecular complexity index is 420. The topological polar surface area (TPSA) is 78.4 Å². The molecule has 0 aliphatic heterocycles. The van der Waals surface area contributed by atoms with E-state index in [1.807, 2.05) is 0 Å². The summed E-state index contributed by atoms with van der Waals surface area (Å²) in [4.78, 5) is 22.9. The molecule has 1 unspecified atom stereocenters. The lowest BCUT2D eigenvalue weighted by Gasteiger charge is -2.09. The molecule has 6 heteroatoms. The molecule has 5 nitrogen and oxygen atoms in total. The Hall–Kier alpha value is -1.40. The number of anilines is 1. The van der Waals surface area contributed by atoms with Crippen molar-refractivity contribution < 1.29 is 14.7 Å². The third-order valence-electron chi connectivity index (χ3n) is 2.23. The zero-order valence-electron chi connectivity index (χ0n) is 9.94. The van der Waals surface area contributed by atoms with E-state index in [1.54, 1.807) is 31.2 Å². The lowest BCUT2D eigenvalue weighted by Crippen LogP contribution is -2.38. The van der Waals surface area contributed by atoms with Crippen LogP contribution in [-0.2, 0) is 9.59 Å². The first-order valence-corrected chi connectivity index (χ1v) is 6.28. The lowest BCUT2D eigenvalue weighted by atomic mass is 10.2. The van der Waals surface area contributed by atoms with Crippen molar-refractivity contribution in [3.63, 3.8) is 0 Å². The molecule has 0 radical (unpaired) electrons. The SMILES string of the molecule is CC(CO)CNC(=O)C(=O)Nc1ccc(Br)cc1. The first-order chi connectivity index (χ1) is 8.52. The summed E-state index contributed by atoms with van der Waals surface area (Å²) in [6, 6.07) is 6.90. The van der Waals surface area contributed by atoms with Crippen molar-refractivity contribution in [3.8, 4) is 0 Å². The van der Waals surface area contributed by atoms with Crippen LogP contribution in [0.2, 0.25) is 0 Å². The van der Waals surface area contributed by atoms with Gasteiger partial charge in [-0.2, -0.15) is 0 Å². The van der Waals surface area contributed by atoms with E-state index in [0.717, 1.165) is 4.47 Å². The van der Waals surface area contributed by atoms with Gasteiger partial charge in [-0.15, -0.1) is 0 Å². The predicted octanol–water partition coefficient (Wildman–Crippen LogP) is 1.13. The molecule has 18 heavy (non-hydrogen) atoms. The van der Waals surface area contributed by atoms with E-state index in [0.29, 0.717) is 5.69 Å². The fourth-order valence-electron chi connectivity index (χ4n) is 1.13. The minimum absolute atomic E-state index is 0.0331. The molecule has 2 amide bonds. The molecule has 1 aromatic carbocycles. The summed E-state index contributed by atoms with van der Waals surface area (Å²) >= 11 is 3.27. The van der Waals surface area contributed by atoms with Gasteiger partial charge in [-0.1, -0.05) is 22.9 Å². The Balaban J connectivity index is 2.45. The van der Waals surface area contributed by atoms with Gasteiger partial charge in [0.1, 0.15) is 0 Å². The minimum Gasteiger partial charge on any atom is -0.396 e. The predicted molar refractivity (Wildman–Crippen MR) is 72.0 cm³/mol. The first-order valence-electron chi connectivity index (χ1n) is 5.48. The Morgan fingerprint density at radius 2 is 1.89 bits per heavy atom. The largest absolute Gasteiger partial charge is 0.396 e. The smallest absolute Gasteiger partial charge is 0.313 e. The van der Waals surface area contributed by atoms with Crippen molar-refractivity contribution in [1.82, 2.24) is 5.32 Å². The van der Waals surface area contributed by atoms with Gasteiger partial charge >= 0.3 is 11.8 Å². The van der Waals surface area contributed by atoms with Crippen LogP contribution < -0.4 is 10.6 Å². The molecule has 0 heterocycles. The molecule has 0 fully saturated rings. The maximum atomic E-state index is 11.5. The van der Waals surface area contributed by atoms with Crippen LogP contribution in [0.5, 0.6) is 0 Å². The summed E-state index contributed by atoms with van der Waals surface area (Å²) in [7, 11) is 0. The van der Waals surface area contributed by atoms with Crippen molar-refractivity contribution in [3.05, 3.63) is 28.7 Å². The average molecular weight is 315 g/mol. The number of aliphatic hydroxyl groups excluding tert-OH is 1. The normalized spacial score (nSPS) is 11.7. The number of nitrogens with one attached hydrogen (secondary N) is 2. The number of hydrogen-bond donors (Lipinski definition) is 3. The lowest BCUT2D eigenvalue weighted by molar-refractivity contribution is -0.136. The number of aliphatic hydroxyl groups is 1. The van der Waals surface area contributed by atoms with Gasteiger partial charge < -0.3 is 15.7 Å². The number of hydrogen-bond acceptors (Lipinski definition) is 3. The summed E-state index contributed by atoms with van der Waals surface area (Å²) < 4.78 is 0.890. The third-order valence-corrected chi connectivity index (χ3v) is 2.76. The number of rotatable bonds is 4. The van der Waals surface area contributed by atoms with Gasteiger partial charge in [-0.25, -0.2) is 0 Å². The second-order valence-corrected chi connectivity index (χ2v) is 4.87. The first kappa shape index (κ1) is 14.7. The highest BCUT2D eigenvalue weighted by atomic mass is 79.9. The molecule has 0 saturated carbocycles. The van der Waals surface area contributed by atoms with Crippen molar-refractivity contribution in [2.45, 2.75) is 6.92 Å². The molecule has 0 aromatic heterocycles. The Morgan fingerprint density at radius 3 is 2.44 bits per heavy atom. The number of amides is 2. The quantitative estimate of drug-likeness (QED) is 0.729. The van der Waals surface area contributed by atoms with Gasteiger partial charge in [-0.3, -0.25) is 9.59 Å². The van der Waals surface area contributed by atoms with Crippen LogP contribution in [0.25, 0.3) is 0 Å². The van der Waals surface area contributed by atoms with Crippen molar-refractivity contribution >= 4 is 33.4 Å². The second kappa shape index (κ2) is 7.13. The molecule has 0 aliphatic carbocycles. The van der Waals surface area contributed by atoms with Crippen molar-refractivity contribution in [2.75, 3.05) is 18.5 Å². The van der Waals surface area contributed by atoms with Gasteiger partial charge in [-0.05, 0) is 30.2 Å². The minimum atomic E-state index is -0.720. The van der Waals surface area contributed by atoms with E-state index < -0.39 is 11.8 Å². The van der Waals surface area contributed by atoms with Crippen LogP contribution in [0.15, 0.2) is 28.7 Å². The zero-order valence-corrected chi connectivity index (χ0v) is 11.5. The van der Waals surface area contributed by atoms with E-state index in [4.69, 9.17) is 5.11 Å². The molecular weight excluding hydrogens is 300 g/mol. The Kier molecular flexibility index (Phi) is 5.80. The van der Waals surface area contributed by atoms with Gasteiger partial charge in [0.05, 0.1) is 0 Å². The van der Waals surface area contributed by atoms with Crippen LogP contribution in [0, 0.1) is 5.92 Å². The summed E-state index contributed by atoms with van der Waals surface area (Å²) in [5.74, 6) is -1.50. The molecule has 0 spiro atoms. The third kappa shape index (κ3) is 4.85. The zero-order chi connectivity index (χ0) is 13.5. The fourth-order valence-corrected chi connectivity index (χ4v) is 1.40. The van der Waals surface area contributed by atoms with E-state index in [-0.39, 0.29) is 19.1 Å². The highest BCUT2D eigenvalue weighted by Crippen LogP contribution is 2.13. The van der Waals surface area contributed by atoms with Gasteiger partial charge in [0.2, 0.25) is 0 Å². The monoisotopic (exact) mass is 314 g/mol. The molecule has 1 aromatic rings. The summed E-state index contributed by atoms with van der Waals surface area (Å²) in [5, 5.41) is 13.7. The molecule has 98 valence electrons. The van der Waals surface area contributed by atoms with E-state index in [9.17, 15) is 9.59 Å². The Morgan fingerprint density at radius 1 is 1.28 bits per heavy atom. The molecule has 0 aliphatic rings. The summed E-state index contributed by atoms with van der Waals surface area (Å²) in [5.41, 5.74) is 0.550. The molecule has 0 saturated heterocycles. The number of carbonyl (C=O) groups excluding carboxylic acids is 2. The van der Waals surface area contributed by atoms with Gasteiger partial charge in [0, 0.05) is 23.3 Å². The molecule has 3 N–H and O–H groups in total. The van der Waals surface area contributed by atoms with Crippen molar-refractivity contribution in [1.29, 1.82) is 0 Å². The number of carbonyl (C=O) groups is 2. The number of benzene rings is 1. The molecular formula is C12H15BrN2O3. The highest BCUT2D eigenvalue weighted by molar-refractivity contribution is 9.10. The Labute approximate surface area is 114 Å². The molecule has 0 bridgehead atoms. The molecule has 1 rings (SSSR count). The highest BCUT2D eigenvalue weighted by Gasteiger charge is 2.14. The van der Waals surface area contributed by atoms with Gasteiger partial charge in [0.25, 0.3) is 0 Å². The van der Waals surface area contributed by atoms with Crippen LogP contribution in [0.1, 0.15) is 6.92 Å². The second-order valence-electron chi connectivity index (χ2n) is 3.96. The molecule has 1 atom stereocenters. The van der Waals surface area contributed by atoms with Crippen LogP contribution in [0.3, 0.4) is 0 Å². The van der Waals surface area contributed by atoms with Crippen LogP contribution in [-0.4, -0.2) is 30.1 Å². The van der Waals surface area contributed by atoms with E-state index in [1.165, 1.54) is 0 Å². The summed E-state index contributed by atoms with van der Waals surface area (Å²) in [6.07, 6.45) is 0. The standard InChI is InChI=1S/C12H15BrN2O3/c1-8(7-16)6-14-11(17)12(18)15-10-4-2-9(13)3-5-10/h2-5,8,16H,6-7H2,1H3,(H,14,17)(H,15,18). The van der Waals surface area contributed by atoms with E-state index in [2.05, 4.69) is 26.6 Å². The maximum absolute atomic E-state index is 11.5. The van der Waals surface area contributed by atoms with Crippen LogP contribution >= 0.6 is 15.9 Å². The number of halogens is 1. The van der Waals surface area contributed by atoms with Crippen LogP contribution in [0.4, 0.5) is 5.69 Å². The van der Waals surface area contributed by atoms with Crippen molar-refractivity contribution in [2.24, 2.45) is 5.92 Å². The summed E-state index contributed by atoms with van der Waals surface area (Å²) in [6.45, 7) is 2.00. The fraction of sp³-hybridized carbons (Fsp3) is 0.333. The average Bonchev–Trinajstić information content (AvgIpc) is 2.38. The van der Waals surface area contributed by atoms with Gasteiger partial charge in [0.15, 0.2) is 0 Å². The maximum Gasteiger partial charge on any atom is 0.313 e.